The fourth-order valence-corrected chi connectivity index (χ4v) is 2.65. The molecule has 21 heavy (non-hydrogen) atoms. The Morgan fingerprint density at radius 2 is 1.81 bits per heavy atom. The van der Waals surface area contributed by atoms with Gasteiger partial charge < -0.3 is 4.90 Å². The highest BCUT2D eigenvalue weighted by molar-refractivity contribution is 9.08. The van der Waals surface area contributed by atoms with Gasteiger partial charge in [0.05, 0.1) is 0 Å². The molecule has 0 aliphatic rings. The minimum absolute atomic E-state index is 0.0835. The number of aryl methyl sites for hydroxylation is 1. The molecule has 0 aliphatic heterocycles. The van der Waals surface area contributed by atoms with E-state index < -0.39 is 0 Å². The van der Waals surface area contributed by atoms with Crippen LogP contribution in [0.3, 0.4) is 0 Å². The Labute approximate surface area is 134 Å². The third-order valence-corrected chi connectivity index (χ3v) is 4.13. The molecule has 2 nitrogen and oxygen atoms in total. The molecule has 0 saturated carbocycles. The average molecular weight is 346 g/mol. The molecule has 3 heteroatoms. The van der Waals surface area contributed by atoms with Crippen LogP contribution in [0.25, 0.3) is 0 Å². The van der Waals surface area contributed by atoms with Gasteiger partial charge in [0.15, 0.2) is 0 Å². The summed E-state index contributed by atoms with van der Waals surface area (Å²) in [6.45, 7) is 5.44. The fraction of sp³-hybridized carbons (Fsp3) is 0.278. The molecule has 0 heterocycles. The van der Waals surface area contributed by atoms with Crippen LogP contribution in [0.4, 0.5) is 0 Å². The number of hydrogen-bond donors (Lipinski definition) is 0. The Balaban J connectivity index is 2.14. The van der Waals surface area contributed by atoms with Gasteiger partial charge in [0, 0.05) is 24.0 Å². The second-order valence-corrected chi connectivity index (χ2v) is 5.70. The molecule has 2 aromatic rings. The standard InChI is InChI=1S/C18H20BrNO/c1-3-20(13-16-6-4-5-14(2)11-16)18(21)17-9-7-15(12-19)8-10-17/h4-11H,3,12-13H2,1-2H3. The lowest BCUT2D eigenvalue weighted by Crippen LogP contribution is -2.30. The maximum Gasteiger partial charge on any atom is 0.254 e. The van der Waals surface area contributed by atoms with Gasteiger partial charge in [0.1, 0.15) is 0 Å². The predicted molar refractivity (Wildman–Crippen MR) is 90.7 cm³/mol. The van der Waals surface area contributed by atoms with Gasteiger partial charge in [-0.1, -0.05) is 57.9 Å². The first-order valence-electron chi connectivity index (χ1n) is 7.13. The second-order valence-electron chi connectivity index (χ2n) is 5.14. The van der Waals surface area contributed by atoms with Gasteiger partial charge in [-0.05, 0) is 37.1 Å². The summed E-state index contributed by atoms with van der Waals surface area (Å²) >= 11 is 3.42. The highest BCUT2D eigenvalue weighted by atomic mass is 79.9. The summed E-state index contributed by atoms with van der Waals surface area (Å²) in [5.41, 5.74) is 4.31. The van der Waals surface area contributed by atoms with Crippen molar-refractivity contribution < 1.29 is 4.79 Å². The average Bonchev–Trinajstić information content (AvgIpc) is 2.52. The van der Waals surface area contributed by atoms with Gasteiger partial charge in [0.25, 0.3) is 5.91 Å². The molecule has 0 unspecified atom stereocenters. The summed E-state index contributed by atoms with van der Waals surface area (Å²) in [7, 11) is 0. The molecule has 110 valence electrons. The van der Waals surface area contributed by atoms with E-state index in [1.807, 2.05) is 42.2 Å². The van der Waals surface area contributed by atoms with Crippen LogP contribution in [-0.4, -0.2) is 17.4 Å². The van der Waals surface area contributed by atoms with Crippen LogP contribution < -0.4 is 0 Å². The van der Waals surface area contributed by atoms with Crippen LogP contribution in [0, 0.1) is 6.92 Å². The molecule has 0 spiro atoms. The Bertz CT molecular complexity index is 607. The molecule has 0 N–H and O–H groups in total. The largest absolute Gasteiger partial charge is 0.335 e. The van der Waals surface area contributed by atoms with Crippen LogP contribution >= 0.6 is 15.9 Å². The van der Waals surface area contributed by atoms with E-state index in [4.69, 9.17) is 0 Å². The summed E-state index contributed by atoms with van der Waals surface area (Å²) in [6, 6.07) is 16.1. The van der Waals surface area contributed by atoms with Crippen molar-refractivity contribution in [2.45, 2.75) is 25.7 Å². The lowest BCUT2D eigenvalue weighted by molar-refractivity contribution is 0.0752. The van der Waals surface area contributed by atoms with Crippen LogP contribution in [0.2, 0.25) is 0 Å². The summed E-state index contributed by atoms with van der Waals surface area (Å²) < 4.78 is 0. The Morgan fingerprint density at radius 1 is 1.10 bits per heavy atom. The Kier molecular flexibility index (Phi) is 5.57. The number of nitrogens with zero attached hydrogens (tertiary/aromatic N) is 1. The Hall–Kier alpha value is -1.61. The zero-order valence-electron chi connectivity index (χ0n) is 12.5. The van der Waals surface area contributed by atoms with E-state index in [9.17, 15) is 4.79 Å². The summed E-state index contributed by atoms with van der Waals surface area (Å²) in [5, 5.41) is 0.808. The highest BCUT2D eigenvalue weighted by Crippen LogP contribution is 2.13. The number of carbonyl (C=O) groups excluding carboxylic acids is 1. The second kappa shape index (κ2) is 7.41. The first-order chi connectivity index (χ1) is 10.1. The normalized spacial score (nSPS) is 10.4. The van der Waals surface area contributed by atoms with Crippen molar-refractivity contribution in [1.82, 2.24) is 4.90 Å². The minimum atomic E-state index is 0.0835. The van der Waals surface area contributed by atoms with Gasteiger partial charge in [-0.15, -0.1) is 0 Å². The van der Waals surface area contributed by atoms with E-state index in [2.05, 4.69) is 41.1 Å². The first kappa shape index (κ1) is 15.8. The number of benzene rings is 2. The van der Waals surface area contributed by atoms with Gasteiger partial charge in [-0.25, -0.2) is 0 Å². The van der Waals surface area contributed by atoms with Crippen LogP contribution in [0.5, 0.6) is 0 Å². The number of rotatable bonds is 5. The molecule has 2 rings (SSSR count). The number of halogens is 1. The molecule has 0 saturated heterocycles. The number of alkyl halides is 1. The molecule has 0 aliphatic carbocycles. The minimum Gasteiger partial charge on any atom is -0.335 e. The van der Waals surface area contributed by atoms with Crippen LogP contribution in [-0.2, 0) is 11.9 Å². The van der Waals surface area contributed by atoms with E-state index in [-0.39, 0.29) is 5.91 Å². The van der Waals surface area contributed by atoms with Gasteiger partial charge in [0.2, 0.25) is 0 Å². The van der Waals surface area contributed by atoms with Crippen molar-refractivity contribution in [2.24, 2.45) is 0 Å². The third-order valence-electron chi connectivity index (χ3n) is 3.48. The number of carbonyl (C=O) groups is 1. The molecule has 0 bridgehead atoms. The van der Waals surface area contributed by atoms with E-state index >= 15 is 0 Å². The zero-order chi connectivity index (χ0) is 15.2. The van der Waals surface area contributed by atoms with Crippen LogP contribution in [0.1, 0.15) is 34.0 Å². The molecular weight excluding hydrogens is 326 g/mol. The van der Waals surface area contributed by atoms with Crippen molar-refractivity contribution in [3.63, 3.8) is 0 Å². The maximum absolute atomic E-state index is 12.6. The fourth-order valence-electron chi connectivity index (χ4n) is 2.28. The molecule has 1 amide bonds. The summed E-state index contributed by atoms with van der Waals surface area (Å²) in [5.74, 6) is 0.0835. The highest BCUT2D eigenvalue weighted by Gasteiger charge is 2.14. The molecule has 0 aromatic heterocycles. The monoisotopic (exact) mass is 345 g/mol. The maximum atomic E-state index is 12.6. The predicted octanol–water partition coefficient (Wildman–Crippen LogP) is 4.55. The topological polar surface area (TPSA) is 20.3 Å². The van der Waals surface area contributed by atoms with E-state index in [0.29, 0.717) is 13.1 Å². The van der Waals surface area contributed by atoms with Crippen molar-refractivity contribution in [3.8, 4) is 0 Å². The van der Waals surface area contributed by atoms with Gasteiger partial charge >= 0.3 is 0 Å². The SMILES string of the molecule is CCN(Cc1cccc(C)c1)C(=O)c1ccc(CBr)cc1. The van der Waals surface area contributed by atoms with Crippen molar-refractivity contribution in [3.05, 3.63) is 70.8 Å². The quantitative estimate of drug-likeness (QED) is 0.727. The van der Waals surface area contributed by atoms with E-state index in [0.717, 1.165) is 10.9 Å². The lowest BCUT2D eigenvalue weighted by atomic mass is 10.1. The smallest absolute Gasteiger partial charge is 0.254 e. The van der Waals surface area contributed by atoms with E-state index in [1.165, 1.54) is 16.7 Å². The molecule has 0 atom stereocenters. The lowest BCUT2D eigenvalue weighted by Gasteiger charge is -2.21. The molecule has 2 aromatic carbocycles. The van der Waals surface area contributed by atoms with Gasteiger partial charge in [-0.2, -0.15) is 0 Å². The molecule has 0 fully saturated rings. The Morgan fingerprint density at radius 3 is 2.38 bits per heavy atom. The zero-order valence-corrected chi connectivity index (χ0v) is 14.1. The molecule has 0 radical (unpaired) electrons. The van der Waals surface area contributed by atoms with E-state index in [1.54, 1.807) is 0 Å². The molecular formula is C18H20BrNO. The summed E-state index contributed by atoms with van der Waals surface area (Å²) in [6.07, 6.45) is 0. The van der Waals surface area contributed by atoms with Crippen molar-refractivity contribution in [2.75, 3.05) is 6.54 Å². The van der Waals surface area contributed by atoms with Crippen molar-refractivity contribution >= 4 is 21.8 Å². The summed E-state index contributed by atoms with van der Waals surface area (Å²) in [4.78, 5) is 14.5. The van der Waals surface area contributed by atoms with Crippen LogP contribution in [0.15, 0.2) is 48.5 Å². The van der Waals surface area contributed by atoms with Crippen molar-refractivity contribution in [1.29, 1.82) is 0 Å². The number of amides is 1. The third kappa shape index (κ3) is 4.18. The van der Waals surface area contributed by atoms with Gasteiger partial charge in [-0.3, -0.25) is 4.79 Å². The number of hydrogen-bond acceptors (Lipinski definition) is 1. The first-order valence-corrected chi connectivity index (χ1v) is 8.26.